The van der Waals surface area contributed by atoms with Gasteiger partial charge in [-0.1, -0.05) is 20.3 Å². The number of unbranched alkanes of at least 4 members (excludes halogenated alkanes) is 1. The topological polar surface area (TPSA) is 20.3 Å². The Hall–Kier alpha value is -0.530. The van der Waals surface area contributed by atoms with Gasteiger partial charge in [0.1, 0.15) is 0 Å². The van der Waals surface area contributed by atoms with E-state index in [9.17, 15) is 4.79 Å². The van der Waals surface area contributed by atoms with Gasteiger partial charge in [-0.05, 0) is 31.6 Å². The lowest BCUT2D eigenvalue weighted by Crippen LogP contribution is -2.32. The Balaban J connectivity index is 2.26. The molecule has 1 amide bonds. The molecule has 0 heterocycles. The van der Waals surface area contributed by atoms with Gasteiger partial charge in [0.15, 0.2) is 0 Å². The van der Waals surface area contributed by atoms with Gasteiger partial charge in [-0.3, -0.25) is 4.79 Å². The van der Waals surface area contributed by atoms with Gasteiger partial charge in [-0.15, -0.1) is 0 Å². The highest BCUT2D eigenvalue weighted by molar-refractivity contribution is 5.76. The van der Waals surface area contributed by atoms with Crippen LogP contribution in [-0.2, 0) is 4.79 Å². The molecule has 1 rings (SSSR count). The van der Waals surface area contributed by atoms with Gasteiger partial charge in [0, 0.05) is 19.5 Å². The summed E-state index contributed by atoms with van der Waals surface area (Å²) in [5.74, 6) is 1.12. The number of hydrogen-bond acceptors (Lipinski definition) is 1. The van der Waals surface area contributed by atoms with Crippen LogP contribution >= 0.6 is 0 Å². The number of carbonyl (C=O) groups excluding carboxylic acids is 1. The minimum absolute atomic E-state index is 0.391. The maximum Gasteiger partial charge on any atom is 0.222 e. The molecule has 1 aliphatic carbocycles. The third-order valence-corrected chi connectivity index (χ3v) is 2.79. The molecule has 0 atom stereocenters. The third-order valence-electron chi connectivity index (χ3n) is 2.79. The Morgan fingerprint density at radius 1 is 1.21 bits per heavy atom. The zero-order valence-electron chi connectivity index (χ0n) is 9.59. The minimum Gasteiger partial charge on any atom is -0.343 e. The summed E-state index contributed by atoms with van der Waals surface area (Å²) in [5, 5.41) is 0. The SMILES string of the molecule is CCCCN(CCC)C(=O)CC1CC1. The molecule has 2 heteroatoms. The highest BCUT2D eigenvalue weighted by atomic mass is 16.2. The number of hydrogen-bond donors (Lipinski definition) is 0. The molecule has 0 aliphatic heterocycles. The van der Waals surface area contributed by atoms with Crippen LogP contribution in [0, 0.1) is 5.92 Å². The fourth-order valence-corrected chi connectivity index (χ4v) is 1.68. The quantitative estimate of drug-likeness (QED) is 0.614. The molecule has 0 bridgehead atoms. The van der Waals surface area contributed by atoms with E-state index < -0.39 is 0 Å². The summed E-state index contributed by atoms with van der Waals surface area (Å²) in [6.07, 6.45) is 6.77. The Labute approximate surface area is 87.7 Å². The highest BCUT2D eigenvalue weighted by Gasteiger charge is 2.26. The van der Waals surface area contributed by atoms with Crippen LogP contribution in [0.4, 0.5) is 0 Å². The maximum absolute atomic E-state index is 11.8. The molecule has 0 N–H and O–H groups in total. The van der Waals surface area contributed by atoms with Crippen LogP contribution in [0.25, 0.3) is 0 Å². The average Bonchev–Trinajstić information content (AvgIpc) is 2.95. The summed E-state index contributed by atoms with van der Waals surface area (Å²) in [4.78, 5) is 13.9. The van der Waals surface area contributed by atoms with Crippen molar-refractivity contribution in [1.82, 2.24) is 4.90 Å². The van der Waals surface area contributed by atoms with E-state index in [0.717, 1.165) is 38.3 Å². The average molecular weight is 197 g/mol. The molecule has 0 unspecified atom stereocenters. The molecular weight excluding hydrogens is 174 g/mol. The number of carbonyl (C=O) groups is 1. The summed E-state index contributed by atoms with van der Waals surface area (Å²) in [6.45, 7) is 6.24. The summed E-state index contributed by atoms with van der Waals surface area (Å²) in [7, 11) is 0. The second kappa shape index (κ2) is 6.05. The maximum atomic E-state index is 11.8. The lowest BCUT2D eigenvalue weighted by atomic mass is 10.2. The number of nitrogens with zero attached hydrogens (tertiary/aromatic N) is 1. The van der Waals surface area contributed by atoms with Gasteiger partial charge in [-0.2, -0.15) is 0 Å². The fourth-order valence-electron chi connectivity index (χ4n) is 1.68. The van der Waals surface area contributed by atoms with E-state index in [2.05, 4.69) is 18.7 Å². The molecule has 1 aliphatic rings. The van der Waals surface area contributed by atoms with E-state index in [1.807, 2.05) is 0 Å². The largest absolute Gasteiger partial charge is 0.343 e. The van der Waals surface area contributed by atoms with Crippen molar-refractivity contribution in [3.05, 3.63) is 0 Å². The standard InChI is InChI=1S/C12H23NO/c1-3-5-9-13(8-4-2)12(14)10-11-6-7-11/h11H,3-10H2,1-2H3. The minimum atomic E-state index is 0.391. The molecule has 1 saturated carbocycles. The second-order valence-electron chi connectivity index (χ2n) is 4.38. The molecule has 1 fully saturated rings. The van der Waals surface area contributed by atoms with E-state index in [1.165, 1.54) is 19.3 Å². The predicted octanol–water partition coefficient (Wildman–Crippen LogP) is 2.83. The van der Waals surface area contributed by atoms with Gasteiger partial charge in [-0.25, -0.2) is 0 Å². The first kappa shape index (κ1) is 11.5. The summed E-state index contributed by atoms with van der Waals surface area (Å²) in [5.41, 5.74) is 0. The van der Waals surface area contributed by atoms with E-state index in [4.69, 9.17) is 0 Å². The van der Waals surface area contributed by atoms with Crippen LogP contribution in [-0.4, -0.2) is 23.9 Å². The first-order chi connectivity index (χ1) is 6.77. The smallest absolute Gasteiger partial charge is 0.222 e. The van der Waals surface area contributed by atoms with E-state index >= 15 is 0 Å². The van der Waals surface area contributed by atoms with Crippen LogP contribution in [0.3, 0.4) is 0 Å². The zero-order chi connectivity index (χ0) is 10.4. The molecule has 0 saturated heterocycles. The van der Waals surface area contributed by atoms with Crippen LogP contribution < -0.4 is 0 Å². The summed E-state index contributed by atoms with van der Waals surface area (Å²) >= 11 is 0. The van der Waals surface area contributed by atoms with Crippen molar-refractivity contribution >= 4 is 5.91 Å². The Kier molecular flexibility index (Phi) is 4.99. The van der Waals surface area contributed by atoms with Crippen molar-refractivity contribution in [3.8, 4) is 0 Å². The molecular formula is C12H23NO. The molecule has 14 heavy (non-hydrogen) atoms. The Bertz CT molecular complexity index is 175. The molecule has 0 aromatic heterocycles. The number of amides is 1. The molecule has 82 valence electrons. The van der Waals surface area contributed by atoms with Gasteiger partial charge in [0.2, 0.25) is 5.91 Å². The van der Waals surface area contributed by atoms with Gasteiger partial charge in [0.25, 0.3) is 0 Å². The molecule has 0 aromatic rings. The van der Waals surface area contributed by atoms with Crippen molar-refractivity contribution < 1.29 is 4.79 Å². The molecule has 2 nitrogen and oxygen atoms in total. The van der Waals surface area contributed by atoms with Crippen molar-refractivity contribution in [2.24, 2.45) is 5.92 Å². The van der Waals surface area contributed by atoms with Crippen LogP contribution in [0.2, 0.25) is 0 Å². The normalized spacial score (nSPS) is 15.6. The molecule has 0 spiro atoms. The third kappa shape index (κ3) is 4.12. The van der Waals surface area contributed by atoms with Crippen molar-refractivity contribution in [2.75, 3.05) is 13.1 Å². The monoisotopic (exact) mass is 197 g/mol. The lowest BCUT2D eigenvalue weighted by Gasteiger charge is -2.21. The van der Waals surface area contributed by atoms with Gasteiger partial charge in [0.05, 0.1) is 0 Å². The molecule has 0 radical (unpaired) electrons. The highest BCUT2D eigenvalue weighted by Crippen LogP contribution is 2.32. The second-order valence-corrected chi connectivity index (χ2v) is 4.38. The summed E-state index contributed by atoms with van der Waals surface area (Å²) < 4.78 is 0. The van der Waals surface area contributed by atoms with Gasteiger partial charge < -0.3 is 4.90 Å². The van der Waals surface area contributed by atoms with Gasteiger partial charge >= 0.3 is 0 Å². The van der Waals surface area contributed by atoms with Crippen LogP contribution in [0.15, 0.2) is 0 Å². The zero-order valence-corrected chi connectivity index (χ0v) is 9.59. The van der Waals surface area contributed by atoms with Crippen LogP contribution in [0.5, 0.6) is 0 Å². The first-order valence-electron chi connectivity index (χ1n) is 6.05. The van der Waals surface area contributed by atoms with E-state index in [-0.39, 0.29) is 0 Å². The van der Waals surface area contributed by atoms with Crippen molar-refractivity contribution in [1.29, 1.82) is 0 Å². The Morgan fingerprint density at radius 3 is 2.43 bits per heavy atom. The Morgan fingerprint density at radius 2 is 1.93 bits per heavy atom. The van der Waals surface area contributed by atoms with Crippen molar-refractivity contribution in [2.45, 2.75) is 52.4 Å². The van der Waals surface area contributed by atoms with Crippen LogP contribution in [0.1, 0.15) is 52.4 Å². The van der Waals surface area contributed by atoms with Crippen molar-refractivity contribution in [3.63, 3.8) is 0 Å². The predicted molar refractivity (Wildman–Crippen MR) is 59.1 cm³/mol. The first-order valence-corrected chi connectivity index (χ1v) is 6.05. The lowest BCUT2D eigenvalue weighted by molar-refractivity contribution is -0.131. The molecule has 0 aromatic carbocycles. The summed E-state index contributed by atoms with van der Waals surface area (Å²) in [6, 6.07) is 0. The number of rotatable bonds is 7. The van der Waals surface area contributed by atoms with E-state index in [1.54, 1.807) is 0 Å². The fraction of sp³-hybridized carbons (Fsp3) is 0.917. The van der Waals surface area contributed by atoms with E-state index in [0.29, 0.717) is 5.91 Å².